The smallest absolute Gasteiger partial charge is 0.326 e. The number of aliphatic carboxylic acids is 3. The van der Waals surface area contributed by atoms with Gasteiger partial charge in [0.15, 0.2) is 0 Å². The van der Waals surface area contributed by atoms with Crippen LogP contribution in [0.1, 0.15) is 26.7 Å². The molecule has 13 heteroatoms. The Kier molecular flexibility index (Phi) is 10.2. The first-order chi connectivity index (χ1) is 12.9. The number of rotatable bonds is 12. The Labute approximate surface area is 159 Å². The first-order valence-corrected chi connectivity index (χ1v) is 8.15. The first kappa shape index (κ1) is 24.8. The molecule has 0 aliphatic rings. The van der Waals surface area contributed by atoms with Gasteiger partial charge in [0.25, 0.3) is 0 Å². The zero-order valence-electron chi connectivity index (χ0n) is 15.3. The van der Waals surface area contributed by atoms with E-state index in [0.29, 0.717) is 0 Å². The Morgan fingerprint density at radius 2 is 1.21 bits per heavy atom. The highest BCUT2D eigenvalue weighted by Crippen LogP contribution is 2.04. The fourth-order valence-corrected chi connectivity index (χ4v) is 2.06. The van der Waals surface area contributed by atoms with Crippen molar-refractivity contribution in [1.29, 1.82) is 0 Å². The molecule has 0 radical (unpaired) electrons. The minimum absolute atomic E-state index is 0.531. The molecule has 8 N–H and O–H groups in total. The molecule has 0 heterocycles. The average Bonchev–Trinajstić information content (AvgIpc) is 2.56. The maximum Gasteiger partial charge on any atom is 0.326 e. The highest BCUT2D eigenvalue weighted by atomic mass is 16.4. The number of carboxylic acids is 3. The third-order valence-corrected chi connectivity index (χ3v) is 3.46. The molecule has 13 nitrogen and oxygen atoms in total. The van der Waals surface area contributed by atoms with E-state index in [4.69, 9.17) is 21.1 Å². The van der Waals surface area contributed by atoms with Crippen LogP contribution in [0, 0.1) is 5.92 Å². The van der Waals surface area contributed by atoms with E-state index in [1.165, 1.54) is 13.8 Å². The van der Waals surface area contributed by atoms with Crippen molar-refractivity contribution in [2.75, 3.05) is 6.54 Å². The third-order valence-electron chi connectivity index (χ3n) is 3.46. The van der Waals surface area contributed by atoms with Crippen molar-refractivity contribution in [2.24, 2.45) is 11.7 Å². The van der Waals surface area contributed by atoms with Gasteiger partial charge in [-0.25, -0.2) is 4.79 Å². The molecule has 3 atom stereocenters. The maximum absolute atomic E-state index is 12.3. The van der Waals surface area contributed by atoms with Gasteiger partial charge in [-0.15, -0.1) is 0 Å². The standard InChI is InChI=1S/C15H24N4O9/c1-6(2)12(15(27)28)19-14(26)8(4-11(23)24)18-13(25)7(3-10(21)22)17-9(20)5-16/h6-8,12H,3-5,16H2,1-2H3,(H,17,20)(H,18,25)(H,19,26)(H,21,22)(H,23,24)(H,27,28). The maximum atomic E-state index is 12.3. The topological polar surface area (TPSA) is 225 Å². The number of carbonyl (C=O) groups excluding carboxylic acids is 3. The van der Waals surface area contributed by atoms with Gasteiger partial charge in [-0.2, -0.15) is 0 Å². The van der Waals surface area contributed by atoms with Crippen LogP contribution in [0.3, 0.4) is 0 Å². The fourth-order valence-electron chi connectivity index (χ4n) is 2.06. The van der Waals surface area contributed by atoms with Gasteiger partial charge in [0.2, 0.25) is 17.7 Å². The molecular weight excluding hydrogens is 380 g/mol. The molecule has 3 unspecified atom stereocenters. The van der Waals surface area contributed by atoms with E-state index in [2.05, 4.69) is 5.32 Å². The molecule has 0 rings (SSSR count). The third kappa shape index (κ3) is 8.93. The minimum atomic E-state index is -1.70. The molecule has 0 spiro atoms. The van der Waals surface area contributed by atoms with Gasteiger partial charge in [0, 0.05) is 0 Å². The lowest BCUT2D eigenvalue weighted by Crippen LogP contribution is -2.57. The molecule has 0 aromatic heterocycles. The Balaban J connectivity index is 5.41. The van der Waals surface area contributed by atoms with Crippen LogP contribution >= 0.6 is 0 Å². The van der Waals surface area contributed by atoms with Crippen LogP contribution in [0.5, 0.6) is 0 Å². The van der Waals surface area contributed by atoms with Crippen LogP contribution in [-0.4, -0.2) is 75.6 Å². The summed E-state index contributed by atoms with van der Waals surface area (Å²) in [5, 5.41) is 33.1. The van der Waals surface area contributed by atoms with Gasteiger partial charge < -0.3 is 37.0 Å². The van der Waals surface area contributed by atoms with E-state index in [9.17, 15) is 28.8 Å². The summed E-state index contributed by atoms with van der Waals surface area (Å²) in [6.07, 6.45) is -1.74. The first-order valence-electron chi connectivity index (χ1n) is 8.15. The summed E-state index contributed by atoms with van der Waals surface area (Å²) in [5.74, 6) is -7.88. The van der Waals surface area contributed by atoms with Crippen molar-refractivity contribution < 1.29 is 44.1 Å². The van der Waals surface area contributed by atoms with Crippen LogP contribution in [0.25, 0.3) is 0 Å². The summed E-state index contributed by atoms with van der Waals surface area (Å²) < 4.78 is 0. The number of nitrogens with one attached hydrogen (secondary N) is 3. The molecule has 158 valence electrons. The van der Waals surface area contributed by atoms with Crippen molar-refractivity contribution in [1.82, 2.24) is 16.0 Å². The molecule has 0 aromatic rings. The van der Waals surface area contributed by atoms with Gasteiger partial charge in [0.05, 0.1) is 19.4 Å². The molecule has 0 bridgehead atoms. The van der Waals surface area contributed by atoms with Crippen LogP contribution in [0.15, 0.2) is 0 Å². The van der Waals surface area contributed by atoms with Crippen LogP contribution in [0.2, 0.25) is 0 Å². The van der Waals surface area contributed by atoms with Crippen molar-refractivity contribution in [3.05, 3.63) is 0 Å². The monoisotopic (exact) mass is 404 g/mol. The van der Waals surface area contributed by atoms with Gasteiger partial charge >= 0.3 is 17.9 Å². The van der Waals surface area contributed by atoms with E-state index >= 15 is 0 Å². The minimum Gasteiger partial charge on any atom is -0.481 e. The molecule has 0 fully saturated rings. The number of hydrogen-bond donors (Lipinski definition) is 7. The molecule has 0 saturated heterocycles. The van der Waals surface area contributed by atoms with Gasteiger partial charge in [-0.3, -0.25) is 24.0 Å². The second kappa shape index (κ2) is 11.5. The largest absolute Gasteiger partial charge is 0.481 e. The molecule has 3 amide bonds. The van der Waals surface area contributed by atoms with Gasteiger partial charge in [-0.05, 0) is 5.92 Å². The van der Waals surface area contributed by atoms with Crippen molar-refractivity contribution in [3.63, 3.8) is 0 Å². The number of carbonyl (C=O) groups is 6. The summed E-state index contributed by atoms with van der Waals surface area (Å²) in [5.41, 5.74) is 5.09. The Bertz CT molecular complexity index is 635. The lowest BCUT2D eigenvalue weighted by atomic mass is 10.0. The van der Waals surface area contributed by atoms with E-state index in [0.717, 1.165) is 0 Å². The average molecular weight is 404 g/mol. The van der Waals surface area contributed by atoms with E-state index < -0.39 is 79.1 Å². The lowest BCUT2D eigenvalue weighted by molar-refractivity contribution is -0.145. The van der Waals surface area contributed by atoms with Crippen molar-refractivity contribution >= 4 is 35.6 Å². The van der Waals surface area contributed by atoms with Crippen molar-refractivity contribution in [3.8, 4) is 0 Å². The predicted octanol–water partition coefficient (Wildman–Crippen LogP) is -2.91. The van der Waals surface area contributed by atoms with E-state index in [-0.39, 0.29) is 0 Å². The molecule has 0 aliphatic carbocycles. The Hall–Kier alpha value is -3.22. The predicted molar refractivity (Wildman–Crippen MR) is 91.8 cm³/mol. The lowest BCUT2D eigenvalue weighted by Gasteiger charge is -2.24. The normalized spacial score (nSPS) is 13.7. The number of carboxylic acid groups (broad SMARTS) is 3. The Morgan fingerprint density at radius 3 is 1.57 bits per heavy atom. The molecule has 0 aromatic carbocycles. The fraction of sp³-hybridized carbons (Fsp3) is 0.600. The molecule has 0 saturated carbocycles. The van der Waals surface area contributed by atoms with Gasteiger partial charge in [0.1, 0.15) is 18.1 Å². The summed E-state index contributed by atoms with van der Waals surface area (Å²) in [6, 6.07) is -4.65. The zero-order valence-corrected chi connectivity index (χ0v) is 15.3. The number of nitrogens with two attached hydrogens (primary N) is 1. The highest BCUT2D eigenvalue weighted by molar-refractivity contribution is 5.96. The summed E-state index contributed by atoms with van der Waals surface area (Å²) in [7, 11) is 0. The van der Waals surface area contributed by atoms with Crippen molar-refractivity contribution in [2.45, 2.75) is 44.8 Å². The quantitative estimate of drug-likeness (QED) is 0.175. The van der Waals surface area contributed by atoms with E-state index in [1.807, 2.05) is 10.6 Å². The second-order valence-electron chi connectivity index (χ2n) is 6.15. The van der Waals surface area contributed by atoms with E-state index in [1.54, 1.807) is 0 Å². The zero-order chi connectivity index (χ0) is 22.0. The summed E-state index contributed by atoms with van der Waals surface area (Å²) >= 11 is 0. The van der Waals surface area contributed by atoms with Crippen LogP contribution < -0.4 is 21.7 Å². The summed E-state index contributed by atoms with van der Waals surface area (Å²) in [4.78, 5) is 68.9. The summed E-state index contributed by atoms with van der Waals surface area (Å²) in [6.45, 7) is 2.49. The van der Waals surface area contributed by atoms with Crippen LogP contribution in [0.4, 0.5) is 0 Å². The Morgan fingerprint density at radius 1 is 0.786 bits per heavy atom. The molecule has 0 aliphatic heterocycles. The SMILES string of the molecule is CC(C)C(NC(=O)C(CC(=O)O)NC(=O)C(CC(=O)O)NC(=O)CN)C(=O)O. The van der Waals surface area contributed by atoms with Crippen LogP contribution in [-0.2, 0) is 28.8 Å². The van der Waals surface area contributed by atoms with Gasteiger partial charge in [-0.1, -0.05) is 13.8 Å². The number of amides is 3. The number of hydrogen-bond acceptors (Lipinski definition) is 7. The molecule has 28 heavy (non-hydrogen) atoms. The second-order valence-corrected chi connectivity index (χ2v) is 6.15. The molecular formula is C15H24N4O9. The highest BCUT2D eigenvalue weighted by Gasteiger charge is 2.32.